The van der Waals surface area contributed by atoms with Crippen LogP contribution in [0, 0.1) is 0 Å². The molecule has 0 fully saturated rings. The molecule has 6 aliphatic rings. The van der Waals surface area contributed by atoms with E-state index in [1.54, 1.807) is 47.0 Å². The zero-order chi connectivity index (χ0) is 62.7. The second-order valence-electron chi connectivity index (χ2n) is 24.0. The van der Waals surface area contributed by atoms with Crippen molar-refractivity contribution in [1.82, 2.24) is 39.9 Å². The highest BCUT2D eigenvalue weighted by molar-refractivity contribution is 8.00. The molecule has 0 saturated carbocycles. The second-order valence-corrected chi connectivity index (χ2v) is 28.4. The number of hydrogen-bond acceptors (Lipinski definition) is 14. The van der Waals surface area contributed by atoms with Crippen molar-refractivity contribution in [2.24, 2.45) is 0 Å². The van der Waals surface area contributed by atoms with Gasteiger partial charge in [0, 0.05) is 106 Å². The van der Waals surface area contributed by atoms with Crippen molar-refractivity contribution in [1.29, 1.82) is 0 Å². The third-order valence-corrected chi connectivity index (χ3v) is 23.0. The Morgan fingerprint density at radius 3 is 0.719 bits per heavy atom. The average molecular weight is 1300 g/mol. The fraction of sp³-hybridized carbons (Fsp3) is 0. The topological polar surface area (TPSA) is 122 Å². The van der Waals surface area contributed by atoms with Crippen LogP contribution in [-0.4, -0.2) is 39.9 Å². The number of rotatable bonds is 4. The van der Waals surface area contributed by atoms with Crippen LogP contribution in [0.25, 0.3) is 89.7 Å². The summed E-state index contributed by atoms with van der Waals surface area (Å²) < 4.78 is 0. The highest BCUT2D eigenvalue weighted by Gasteiger charge is 2.33. The number of benzene rings is 12. The summed E-state index contributed by atoms with van der Waals surface area (Å²) in [6, 6.07) is 95.2. The average Bonchev–Trinajstić information content (AvgIpc) is 1.62. The van der Waals surface area contributed by atoms with Gasteiger partial charge in [0.1, 0.15) is 22.6 Å². The fourth-order valence-electron chi connectivity index (χ4n) is 14.2. The van der Waals surface area contributed by atoms with Gasteiger partial charge in [0.2, 0.25) is 0 Å². The number of H-pyrrole nitrogens is 2. The van der Waals surface area contributed by atoms with Crippen LogP contribution in [0.1, 0.15) is 0 Å². The van der Waals surface area contributed by atoms with E-state index in [-0.39, 0.29) is 0 Å². The smallest absolute Gasteiger partial charge is 0.164 e. The molecule has 450 valence electrons. The van der Waals surface area contributed by atoms with Gasteiger partial charge in [-0.15, -0.1) is 0 Å². The summed E-state index contributed by atoms with van der Waals surface area (Å²) >= 11 is 7.16. The third-order valence-electron chi connectivity index (χ3n) is 18.5. The van der Waals surface area contributed by atoms with Gasteiger partial charge >= 0.3 is 0 Å². The SMILES string of the molecule is c1ccc2c(c1)Sc1ccccc1N2c1ccc2c(c1)-c1nc-2nc2[nH]c(nc3nc(nc4[nH]c(n1)c1cc(N5c6ccccc6Sc6ccccc65)ccc41)-c1ccc(N4c5ccccc5Sc5ccccc54)cc1-3)c1cc(N3c4ccccc4Sc4ccccc43)ccc21. The number of aromatic amines is 2. The van der Waals surface area contributed by atoms with Gasteiger partial charge in [-0.25, -0.2) is 29.9 Å². The van der Waals surface area contributed by atoms with E-state index in [0.29, 0.717) is 45.9 Å². The molecule has 0 spiro atoms. The predicted molar refractivity (Wildman–Crippen MR) is 391 cm³/mol. The molecule has 0 aliphatic carbocycles. The normalized spacial score (nSPS) is 13.6. The monoisotopic (exact) mass is 1300 g/mol. The van der Waals surface area contributed by atoms with Crippen molar-refractivity contribution in [3.63, 3.8) is 0 Å². The first-order valence-corrected chi connectivity index (χ1v) is 34.8. The molecule has 0 atom stereocenters. The van der Waals surface area contributed by atoms with E-state index in [9.17, 15) is 0 Å². The Hall–Kier alpha value is -11.4. The summed E-state index contributed by atoms with van der Waals surface area (Å²) in [6.45, 7) is 0. The van der Waals surface area contributed by atoms with Crippen LogP contribution in [0.5, 0.6) is 0 Å². The number of fused-ring (bicyclic) bond motifs is 28. The Morgan fingerprint density at radius 1 is 0.208 bits per heavy atom. The van der Waals surface area contributed by atoms with Crippen LogP contribution in [0.2, 0.25) is 0 Å². The zero-order valence-electron chi connectivity index (χ0n) is 50.5. The highest BCUT2D eigenvalue weighted by atomic mass is 32.2. The van der Waals surface area contributed by atoms with Gasteiger partial charge in [-0.3, -0.25) is 0 Å². The van der Waals surface area contributed by atoms with E-state index < -0.39 is 0 Å². The van der Waals surface area contributed by atoms with E-state index in [1.807, 2.05) is 0 Å². The number of anilines is 12. The molecule has 0 radical (unpaired) electrons. The lowest BCUT2D eigenvalue weighted by molar-refractivity contribution is 1.17. The quantitative estimate of drug-likeness (QED) is 0.174. The van der Waals surface area contributed by atoms with Crippen molar-refractivity contribution >= 4 is 159 Å². The van der Waals surface area contributed by atoms with Crippen LogP contribution in [0.3, 0.4) is 0 Å². The molecule has 0 amide bonds. The van der Waals surface area contributed by atoms with Crippen molar-refractivity contribution in [3.8, 4) is 45.6 Å². The zero-order valence-corrected chi connectivity index (χ0v) is 53.8. The number of nitrogens with zero attached hydrogens (tertiary/aromatic N) is 10. The molecular weight excluding hydrogens is 1260 g/mol. The number of hydrogen-bond donors (Lipinski definition) is 2. The standard InChI is InChI=1S/C80H46N12S4/c1-9-25-65-57(17-1)89(58-18-2-10-26-66(58)93-65)45-33-37-49-53(41-45)77-83-73(49)81-74-51-39-35-47(91-61-21-5-13-29-69(61)95-70-30-14-6-22-62(70)91)43-55(51)79(85-74)88-80-56-44-48(92-63-23-7-15-31-71(63)96-72-32-16-8-24-64(72)92)36-40-52(56)76(86-80)82-75-50-38-34-46(42-54(50)78(84-75)87-77)90-59-19-3-11-27-67(59)94-68-28-12-4-20-60(68)90/h1-44H,(H2,81,82,83,84,85,86,87,88). The Kier molecular flexibility index (Phi) is 11.9. The molecule has 8 bridgehead atoms. The number of para-hydroxylation sites is 8. The molecule has 12 aromatic carbocycles. The van der Waals surface area contributed by atoms with E-state index in [1.165, 1.54) is 39.2 Å². The van der Waals surface area contributed by atoms with Gasteiger partial charge in [0.25, 0.3) is 0 Å². The molecular formula is C80H46N12S4. The first-order valence-electron chi connectivity index (χ1n) is 31.6. The Morgan fingerprint density at radius 2 is 0.438 bits per heavy atom. The van der Waals surface area contributed by atoms with Gasteiger partial charge in [-0.1, -0.05) is 144 Å². The summed E-state index contributed by atoms with van der Waals surface area (Å²) in [5.74, 6) is 2.03. The van der Waals surface area contributed by atoms with E-state index in [4.69, 9.17) is 29.9 Å². The molecule has 12 nitrogen and oxygen atoms in total. The molecule has 3 aromatic heterocycles. The van der Waals surface area contributed by atoms with Crippen LogP contribution in [0.15, 0.2) is 306 Å². The maximum atomic E-state index is 5.71. The molecule has 16 heteroatoms. The molecule has 15 aromatic rings. The first kappa shape index (κ1) is 54.0. The van der Waals surface area contributed by atoms with Gasteiger partial charge < -0.3 is 29.6 Å². The maximum Gasteiger partial charge on any atom is 0.164 e. The van der Waals surface area contributed by atoms with Crippen LogP contribution in [0.4, 0.5) is 68.2 Å². The van der Waals surface area contributed by atoms with Crippen molar-refractivity contribution in [3.05, 3.63) is 267 Å². The first-order chi connectivity index (χ1) is 47.5. The lowest BCUT2D eigenvalue weighted by Gasteiger charge is -2.33. The Labute approximate surface area is 566 Å². The van der Waals surface area contributed by atoms with E-state index in [0.717, 1.165) is 112 Å². The van der Waals surface area contributed by atoms with Crippen molar-refractivity contribution in [2.45, 2.75) is 39.2 Å². The predicted octanol–water partition coefficient (Wildman–Crippen LogP) is 22.6. The lowest BCUT2D eigenvalue weighted by Crippen LogP contribution is -2.14. The van der Waals surface area contributed by atoms with E-state index >= 15 is 0 Å². The van der Waals surface area contributed by atoms with Crippen LogP contribution >= 0.6 is 47.0 Å². The number of aromatic nitrogens is 8. The number of nitrogens with one attached hydrogen (secondary N) is 2. The summed E-state index contributed by atoms with van der Waals surface area (Å²) in [5.41, 5.74) is 18.4. The van der Waals surface area contributed by atoms with Crippen LogP contribution in [-0.2, 0) is 0 Å². The Balaban J connectivity index is 0.847. The van der Waals surface area contributed by atoms with Crippen molar-refractivity contribution < 1.29 is 0 Å². The minimum absolute atomic E-state index is 0.505. The maximum absolute atomic E-state index is 5.71. The second kappa shape index (κ2) is 21.1. The fourth-order valence-corrected chi connectivity index (χ4v) is 18.5. The van der Waals surface area contributed by atoms with Crippen LogP contribution < -0.4 is 19.6 Å². The molecule has 0 unspecified atom stereocenters. The lowest BCUT2D eigenvalue weighted by atomic mass is 10.1. The van der Waals surface area contributed by atoms with Crippen molar-refractivity contribution in [2.75, 3.05) is 19.6 Å². The molecule has 6 aliphatic heterocycles. The summed E-state index contributed by atoms with van der Waals surface area (Å²) in [5, 5.41) is 3.46. The molecule has 21 rings (SSSR count). The molecule has 0 saturated heterocycles. The third kappa shape index (κ3) is 8.35. The minimum atomic E-state index is 0.505. The molecule has 9 heterocycles. The summed E-state index contributed by atoms with van der Waals surface area (Å²) in [4.78, 5) is 60.1. The molecule has 2 N–H and O–H groups in total. The van der Waals surface area contributed by atoms with Gasteiger partial charge in [0.05, 0.1) is 45.5 Å². The van der Waals surface area contributed by atoms with Gasteiger partial charge in [-0.05, 0) is 170 Å². The highest BCUT2D eigenvalue weighted by Crippen LogP contribution is 2.57. The Bertz CT molecular complexity index is 5530. The summed E-state index contributed by atoms with van der Waals surface area (Å²) in [7, 11) is 0. The van der Waals surface area contributed by atoms with Gasteiger partial charge in [0.15, 0.2) is 23.3 Å². The van der Waals surface area contributed by atoms with E-state index in [2.05, 4.69) is 296 Å². The minimum Gasteiger partial charge on any atom is -0.324 e. The molecule has 96 heavy (non-hydrogen) atoms. The largest absolute Gasteiger partial charge is 0.324 e. The summed E-state index contributed by atoms with van der Waals surface area (Å²) in [6.07, 6.45) is 0. The van der Waals surface area contributed by atoms with Gasteiger partial charge in [-0.2, -0.15) is 0 Å².